The highest BCUT2D eigenvalue weighted by atomic mass is 32.2. The van der Waals surface area contributed by atoms with Crippen LogP contribution in [0.4, 0.5) is 0 Å². The summed E-state index contributed by atoms with van der Waals surface area (Å²) in [5.41, 5.74) is 0. The Hall–Kier alpha value is -0.610. The molecule has 1 unspecified atom stereocenters. The van der Waals surface area contributed by atoms with Crippen molar-refractivity contribution in [2.45, 2.75) is 11.7 Å². The number of carbonyl (C=O) groups excluding carboxylic acids is 1. The van der Waals surface area contributed by atoms with Crippen molar-refractivity contribution in [1.29, 1.82) is 0 Å². The Morgan fingerprint density at radius 1 is 1.54 bits per heavy atom. The lowest BCUT2D eigenvalue weighted by Crippen LogP contribution is -2.31. The molecule has 1 aliphatic rings. The quantitative estimate of drug-likeness (QED) is 0.526. The lowest BCUT2D eigenvalue weighted by molar-refractivity contribution is -0.125. The summed E-state index contributed by atoms with van der Waals surface area (Å²) in [4.78, 5) is 13.2. The maximum atomic E-state index is 11.6. The maximum absolute atomic E-state index is 11.6. The van der Waals surface area contributed by atoms with Crippen LogP contribution in [0, 0.1) is 0 Å². The van der Waals surface area contributed by atoms with Crippen LogP contribution >= 0.6 is 24.0 Å². The summed E-state index contributed by atoms with van der Waals surface area (Å²) in [6.45, 7) is 7.70. The molecule has 70 valence electrons. The van der Waals surface area contributed by atoms with Crippen molar-refractivity contribution < 1.29 is 4.79 Å². The molecule has 0 aromatic rings. The van der Waals surface area contributed by atoms with E-state index in [2.05, 4.69) is 13.2 Å². The Labute approximate surface area is 87.7 Å². The predicted octanol–water partition coefficient (Wildman–Crippen LogP) is 1.98. The van der Waals surface area contributed by atoms with Gasteiger partial charge in [0, 0.05) is 6.54 Å². The van der Waals surface area contributed by atoms with Crippen LogP contribution in [-0.2, 0) is 4.79 Å². The minimum absolute atomic E-state index is 0.0649. The molecule has 1 saturated heterocycles. The number of amides is 1. The van der Waals surface area contributed by atoms with E-state index in [1.54, 1.807) is 17.1 Å². The zero-order valence-corrected chi connectivity index (χ0v) is 8.87. The van der Waals surface area contributed by atoms with Gasteiger partial charge in [0.2, 0.25) is 5.91 Å². The summed E-state index contributed by atoms with van der Waals surface area (Å²) in [7, 11) is 0. The molecule has 4 heteroatoms. The molecule has 0 N–H and O–H groups in total. The molecule has 1 fully saturated rings. The first-order valence-corrected chi connectivity index (χ1v) is 5.23. The molecule has 0 aromatic heterocycles. The maximum Gasteiger partial charge on any atom is 0.242 e. The molecule has 1 amide bonds. The van der Waals surface area contributed by atoms with E-state index in [9.17, 15) is 4.79 Å². The van der Waals surface area contributed by atoms with Crippen molar-refractivity contribution >= 4 is 34.2 Å². The van der Waals surface area contributed by atoms with Crippen LogP contribution in [0.2, 0.25) is 0 Å². The highest BCUT2D eigenvalue weighted by molar-refractivity contribution is 8.24. The number of hydrogen-bond donors (Lipinski definition) is 0. The number of rotatable bonds is 4. The van der Waals surface area contributed by atoms with Gasteiger partial charge in [-0.05, 0) is 6.42 Å². The van der Waals surface area contributed by atoms with E-state index in [0.29, 0.717) is 17.3 Å². The van der Waals surface area contributed by atoms with E-state index >= 15 is 0 Å². The fraction of sp³-hybridized carbons (Fsp3) is 0.333. The zero-order valence-electron chi connectivity index (χ0n) is 7.23. The molecule has 0 saturated carbocycles. The predicted molar refractivity (Wildman–Crippen MR) is 60.7 cm³/mol. The SMILES string of the molecule is C=CCC1SC(=S)N(CC=C)C1=O. The van der Waals surface area contributed by atoms with Crippen LogP contribution in [0.15, 0.2) is 25.3 Å². The Balaban J connectivity index is 2.68. The van der Waals surface area contributed by atoms with E-state index in [1.165, 1.54) is 11.8 Å². The van der Waals surface area contributed by atoms with Gasteiger partial charge in [0.05, 0.1) is 5.25 Å². The second-order valence-corrected chi connectivity index (χ2v) is 4.47. The highest BCUT2D eigenvalue weighted by Gasteiger charge is 2.34. The first-order chi connectivity index (χ1) is 6.20. The van der Waals surface area contributed by atoms with Gasteiger partial charge in [-0.25, -0.2) is 0 Å². The van der Waals surface area contributed by atoms with Crippen molar-refractivity contribution in [3.63, 3.8) is 0 Å². The monoisotopic (exact) mass is 213 g/mol. The Kier molecular flexibility index (Phi) is 3.69. The Morgan fingerprint density at radius 3 is 2.77 bits per heavy atom. The van der Waals surface area contributed by atoms with Gasteiger partial charge in [0.25, 0.3) is 0 Å². The van der Waals surface area contributed by atoms with Gasteiger partial charge >= 0.3 is 0 Å². The van der Waals surface area contributed by atoms with Gasteiger partial charge in [-0.1, -0.05) is 36.1 Å². The number of nitrogens with zero attached hydrogens (tertiary/aromatic N) is 1. The third-order valence-corrected chi connectivity index (χ3v) is 3.31. The van der Waals surface area contributed by atoms with E-state index in [0.717, 1.165) is 0 Å². The number of thioether (sulfide) groups is 1. The lowest BCUT2D eigenvalue weighted by Gasteiger charge is -2.11. The van der Waals surface area contributed by atoms with Crippen LogP contribution in [0.25, 0.3) is 0 Å². The zero-order chi connectivity index (χ0) is 9.84. The van der Waals surface area contributed by atoms with Crippen molar-refractivity contribution in [3.05, 3.63) is 25.3 Å². The van der Waals surface area contributed by atoms with E-state index in [4.69, 9.17) is 12.2 Å². The number of thiocarbonyl (C=S) groups is 1. The van der Waals surface area contributed by atoms with Crippen LogP contribution in [-0.4, -0.2) is 26.9 Å². The van der Waals surface area contributed by atoms with E-state index < -0.39 is 0 Å². The Morgan fingerprint density at radius 2 is 2.23 bits per heavy atom. The standard InChI is InChI=1S/C9H11NOS2/c1-3-5-7-8(11)10(6-4-2)9(12)13-7/h3-4,7H,1-2,5-6H2. The molecule has 1 aliphatic heterocycles. The van der Waals surface area contributed by atoms with Gasteiger partial charge in [-0.2, -0.15) is 0 Å². The van der Waals surface area contributed by atoms with Crippen molar-refractivity contribution in [1.82, 2.24) is 4.90 Å². The first-order valence-electron chi connectivity index (χ1n) is 3.94. The minimum Gasteiger partial charge on any atom is -0.293 e. The lowest BCUT2D eigenvalue weighted by atomic mass is 10.2. The highest BCUT2D eigenvalue weighted by Crippen LogP contribution is 2.29. The summed E-state index contributed by atoms with van der Waals surface area (Å²) in [6.07, 6.45) is 4.11. The molecule has 0 aliphatic carbocycles. The summed E-state index contributed by atoms with van der Waals surface area (Å²) in [5.74, 6) is 0.0785. The van der Waals surface area contributed by atoms with E-state index in [-0.39, 0.29) is 11.2 Å². The fourth-order valence-electron chi connectivity index (χ4n) is 1.09. The molecule has 0 radical (unpaired) electrons. The topological polar surface area (TPSA) is 20.3 Å². The average Bonchev–Trinajstić information content (AvgIpc) is 2.34. The Bertz CT molecular complexity index is 262. The molecule has 0 spiro atoms. The molecule has 2 nitrogen and oxygen atoms in total. The second kappa shape index (κ2) is 4.58. The number of allylic oxidation sites excluding steroid dienone is 1. The van der Waals surface area contributed by atoms with Gasteiger partial charge in [0.1, 0.15) is 4.32 Å². The second-order valence-electron chi connectivity index (χ2n) is 2.63. The molecule has 1 heterocycles. The molecule has 0 bridgehead atoms. The summed E-state index contributed by atoms with van der Waals surface area (Å²) in [6, 6.07) is 0. The van der Waals surface area contributed by atoms with Crippen molar-refractivity contribution in [2.24, 2.45) is 0 Å². The smallest absolute Gasteiger partial charge is 0.242 e. The average molecular weight is 213 g/mol. The number of carbonyl (C=O) groups is 1. The fourth-order valence-corrected chi connectivity index (χ4v) is 2.60. The van der Waals surface area contributed by atoms with Crippen LogP contribution < -0.4 is 0 Å². The molecular weight excluding hydrogens is 202 g/mol. The molecule has 13 heavy (non-hydrogen) atoms. The van der Waals surface area contributed by atoms with E-state index in [1.807, 2.05) is 0 Å². The van der Waals surface area contributed by atoms with Gasteiger partial charge in [-0.3, -0.25) is 9.69 Å². The summed E-state index contributed by atoms with van der Waals surface area (Å²) < 4.78 is 0.650. The summed E-state index contributed by atoms with van der Waals surface area (Å²) in [5, 5.41) is -0.0649. The van der Waals surface area contributed by atoms with Crippen LogP contribution in [0.1, 0.15) is 6.42 Å². The van der Waals surface area contributed by atoms with Crippen LogP contribution in [0.3, 0.4) is 0 Å². The minimum atomic E-state index is -0.0649. The van der Waals surface area contributed by atoms with Crippen molar-refractivity contribution in [3.8, 4) is 0 Å². The third-order valence-electron chi connectivity index (χ3n) is 1.70. The van der Waals surface area contributed by atoms with Gasteiger partial charge < -0.3 is 0 Å². The normalized spacial score (nSPS) is 22.2. The van der Waals surface area contributed by atoms with Gasteiger partial charge in [0.15, 0.2) is 0 Å². The molecule has 0 aromatic carbocycles. The number of hydrogen-bond acceptors (Lipinski definition) is 3. The molecule has 1 rings (SSSR count). The third kappa shape index (κ3) is 2.19. The largest absolute Gasteiger partial charge is 0.293 e. The summed E-state index contributed by atoms with van der Waals surface area (Å²) >= 11 is 6.50. The molecular formula is C9H11NOS2. The molecule has 1 atom stereocenters. The first kappa shape index (κ1) is 10.5. The van der Waals surface area contributed by atoms with Gasteiger partial charge in [-0.15, -0.1) is 13.2 Å². The van der Waals surface area contributed by atoms with Crippen LogP contribution in [0.5, 0.6) is 0 Å². The van der Waals surface area contributed by atoms with Crippen molar-refractivity contribution in [2.75, 3.05) is 6.54 Å².